The first kappa shape index (κ1) is 11.5. The van der Waals surface area contributed by atoms with Gasteiger partial charge in [-0.3, -0.25) is 0 Å². The lowest BCUT2D eigenvalue weighted by molar-refractivity contribution is 0.623. The average molecular weight is 351 g/mol. The predicted molar refractivity (Wildman–Crippen MR) is 84.8 cm³/mol. The summed E-state index contributed by atoms with van der Waals surface area (Å²) in [6, 6.07) is 7.96. The highest BCUT2D eigenvalue weighted by molar-refractivity contribution is 9.10. The zero-order chi connectivity index (χ0) is 13.0. The van der Waals surface area contributed by atoms with Crippen LogP contribution >= 0.6 is 38.6 Å². The number of fused-ring (bicyclic) bond motifs is 2. The molecule has 0 aliphatic heterocycles. The van der Waals surface area contributed by atoms with E-state index < -0.39 is 0 Å². The average Bonchev–Trinajstić information content (AvgIpc) is 2.98. The molecule has 3 aromatic heterocycles. The number of thiophene rings is 2. The quantitative estimate of drug-likeness (QED) is 0.485. The van der Waals surface area contributed by atoms with E-state index in [4.69, 9.17) is 10.2 Å². The lowest BCUT2D eigenvalue weighted by atomic mass is 10.3. The molecule has 4 aromatic rings. The normalized spacial score (nSPS) is 11.6. The smallest absolute Gasteiger partial charge is 0.237 e. The molecule has 19 heavy (non-hydrogen) atoms. The van der Waals surface area contributed by atoms with E-state index in [-0.39, 0.29) is 0 Å². The van der Waals surface area contributed by atoms with E-state index in [0.717, 1.165) is 14.9 Å². The summed E-state index contributed by atoms with van der Waals surface area (Å²) in [5, 5.41) is 2.09. The Morgan fingerprint density at radius 2 is 2.11 bits per heavy atom. The Morgan fingerprint density at radius 1 is 1.21 bits per heavy atom. The fraction of sp³-hybridized carbons (Fsp3) is 0. The predicted octanol–water partition coefficient (Wildman–Crippen LogP) is 5.12. The van der Waals surface area contributed by atoms with Gasteiger partial charge in [0.25, 0.3) is 0 Å². The van der Waals surface area contributed by atoms with Crippen molar-refractivity contribution in [3.63, 3.8) is 0 Å². The number of benzene rings is 1. The topological polar surface area (TPSA) is 52.0 Å². The number of rotatable bonds is 1. The Hall–Kier alpha value is -1.37. The fourth-order valence-electron chi connectivity index (χ4n) is 2.00. The van der Waals surface area contributed by atoms with Crippen molar-refractivity contribution in [3.8, 4) is 10.8 Å². The third-order valence-electron chi connectivity index (χ3n) is 2.83. The van der Waals surface area contributed by atoms with Crippen LogP contribution in [-0.2, 0) is 0 Å². The summed E-state index contributed by atoms with van der Waals surface area (Å²) in [5.74, 6) is 0.633. The second-order valence-corrected chi connectivity index (χ2v) is 7.07. The molecule has 0 saturated carbocycles. The van der Waals surface area contributed by atoms with Crippen molar-refractivity contribution >= 4 is 64.8 Å². The van der Waals surface area contributed by atoms with E-state index in [1.165, 1.54) is 9.40 Å². The molecule has 3 heterocycles. The molecule has 0 fully saturated rings. The number of hydrogen-bond donors (Lipinski definition) is 1. The molecular formula is C13H7BrN2OS2. The summed E-state index contributed by atoms with van der Waals surface area (Å²) < 4.78 is 9.22. The molecule has 0 atom stereocenters. The summed E-state index contributed by atoms with van der Waals surface area (Å²) in [6.07, 6.45) is 0. The fourth-order valence-corrected chi connectivity index (χ4v) is 4.50. The first-order valence-electron chi connectivity index (χ1n) is 5.54. The van der Waals surface area contributed by atoms with E-state index in [0.29, 0.717) is 17.2 Å². The molecule has 94 valence electrons. The molecule has 0 aliphatic rings. The number of nitrogen functional groups attached to an aromatic ring is 1. The number of aromatic nitrogens is 1. The summed E-state index contributed by atoms with van der Waals surface area (Å²) in [7, 11) is 0. The van der Waals surface area contributed by atoms with E-state index >= 15 is 0 Å². The lowest BCUT2D eigenvalue weighted by Gasteiger charge is -1.93. The Morgan fingerprint density at radius 3 is 2.95 bits per heavy atom. The molecule has 6 heteroatoms. The minimum Gasteiger partial charge on any atom is -0.433 e. The van der Waals surface area contributed by atoms with E-state index in [1.807, 2.05) is 12.1 Å². The maximum atomic E-state index is 5.95. The van der Waals surface area contributed by atoms with Crippen LogP contribution in [0.25, 0.3) is 31.3 Å². The third kappa shape index (κ3) is 1.79. The van der Waals surface area contributed by atoms with Crippen molar-refractivity contribution in [2.45, 2.75) is 0 Å². The van der Waals surface area contributed by atoms with E-state index in [9.17, 15) is 0 Å². The van der Waals surface area contributed by atoms with Gasteiger partial charge in [-0.1, -0.05) is 15.9 Å². The van der Waals surface area contributed by atoms with Gasteiger partial charge in [0, 0.05) is 13.9 Å². The van der Waals surface area contributed by atoms with Crippen molar-refractivity contribution in [3.05, 3.63) is 34.1 Å². The monoisotopic (exact) mass is 350 g/mol. The largest absolute Gasteiger partial charge is 0.433 e. The molecule has 0 amide bonds. The summed E-state index contributed by atoms with van der Waals surface area (Å²) in [6.45, 7) is 0. The van der Waals surface area contributed by atoms with Crippen LogP contribution in [0, 0.1) is 0 Å². The van der Waals surface area contributed by atoms with Crippen molar-refractivity contribution in [1.82, 2.24) is 4.98 Å². The minimum atomic E-state index is 0.599. The Labute approximate surface area is 124 Å². The molecular weight excluding hydrogens is 344 g/mol. The van der Waals surface area contributed by atoms with Gasteiger partial charge in [0.15, 0.2) is 5.58 Å². The van der Waals surface area contributed by atoms with E-state index in [1.54, 1.807) is 22.7 Å². The maximum absolute atomic E-state index is 5.95. The number of halogens is 1. The highest BCUT2D eigenvalue weighted by Crippen LogP contribution is 2.38. The van der Waals surface area contributed by atoms with Crippen LogP contribution in [0.1, 0.15) is 0 Å². The second-order valence-electron chi connectivity index (χ2n) is 4.12. The van der Waals surface area contributed by atoms with Gasteiger partial charge < -0.3 is 10.2 Å². The van der Waals surface area contributed by atoms with Crippen LogP contribution in [0.4, 0.5) is 5.69 Å². The molecule has 0 spiro atoms. The molecule has 0 aliphatic carbocycles. The van der Waals surface area contributed by atoms with Gasteiger partial charge in [0.2, 0.25) is 5.89 Å². The molecule has 0 radical (unpaired) electrons. The van der Waals surface area contributed by atoms with Crippen molar-refractivity contribution in [2.75, 3.05) is 5.73 Å². The number of hydrogen-bond acceptors (Lipinski definition) is 5. The molecule has 0 unspecified atom stereocenters. The SMILES string of the molecule is Nc1cc(Br)cc2nc(-c3cc4sccc4s3)oc12. The Kier molecular flexibility index (Phi) is 2.45. The van der Waals surface area contributed by atoms with Crippen LogP contribution in [-0.4, -0.2) is 4.98 Å². The van der Waals surface area contributed by atoms with Crippen molar-refractivity contribution in [2.24, 2.45) is 0 Å². The van der Waals surface area contributed by atoms with Gasteiger partial charge in [0.05, 0.1) is 10.6 Å². The first-order valence-corrected chi connectivity index (χ1v) is 8.02. The van der Waals surface area contributed by atoms with Crippen LogP contribution < -0.4 is 5.73 Å². The van der Waals surface area contributed by atoms with Gasteiger partial charge in [0.1, 0.15) is 5.52 Å². The Balaban J connectivity index is 1.95. The second kappa shape index (κ2) is 4.06. The lowest BCUT2D eigenvalue weighted by Crippen LogP contribution is -1.84. The van der Waals surface area contributed by atoms with Gasteiger partial charge in [-0.2, -0.15) is 0 Å². The maximum Gasteiger partial charge on any atom is 0.237 e. The molecule has 0 bridgehead atoms. The summed E-state index contributed by atoms with van der Waals surface area (Å²) in [5.41, 5.74) is 7.97. The van der Waals surface area contributed by atoms with Crippen LogP contribution in [0.2, 0.25) is 0 Å². The number of oxazole rings is 1. The molecule has 4 rings (SSSR count). The molecule has 0 saturated heterocycles. The van der Waals surface area contributed by atoms with Gasteiger partial charge in [-0.15, -0.1) is 22.7 Å². The summed E-state index contributed by atoms with van der Waals surface area (Å²) >= 11 is 6.82. The number of nitrogens with zero attached hydrogens (tertiary/aromatic N) is 1. The minimum absolute atomic E-state index is 0.599. The highest BCUT2D eigenvalue weighted by atomic mass is 79.9. The Bertz CT molecular complexity index is 877. The third-order valence-corrected chi connectivity index (χ3v) is 5.37. The van der Waals surface area contributed by atoms with Crippen molar-refractivity contribution < 1.29 is 4.42 Å². The molecule has 2 N–H and O–H groups in total. The van der Waals surface area contributed by atoms with Crippen LogP contribution in [0.3, 0.4) is 0 Å². The first-order chi connectivity index (χ1) is 9.20. The van der Waals surface area contributed by atoms with E-state index in [2.05, 4.69) is 38.4 Å². The van der Waals surface area contributed by atoms with Crippen LogP contribution in [0.15, 0.2) is 38.5 Å². The number of nitrogens with two attached hydrogens (primary N) is 1. The van der Waals surface area contributed by atoms with Crippen LogP contribution in [0.5, 0.6) is 0 Å². The highest BCUT2D eigenvalue weighted by Gasteiger charge is 2.14. The van der Waals surface area contributed by atoms with Gasteiger partial charge in [-0.05, 0) is 29.6 Å². The van der Waals surface area contributed by atoms with Gasteiger partial charge in [-0.25, -0.2) is 4.98 Å². The molecule has 1 aromatic carbocycles. The van der Waals surface area contributed by atoms with Gasteiger partial charge >= 0.3 is 0 Å². The van der Waals surface area contributed by atoms with Crippen molar-refractivity contribution in [1.29, 1.82) is 0 Å². The number of anilines is 1. The standard InChI is InChI=1S/C13H7BrN2OS2/c14-6-3-7(15)12-8(4-6)16-13(17-12)11-5-10-9(19-11)1-2-18-10/h1-5H,15H2. The zero-order valence-corrected chi connectivity index (χ0v) is 12.7. The molecule has 3 nitrogen and oxygen atoms in total. The zero-order valence-electron chi connectivity index (χ0n) is 9.51. The summed E-state index contributed by atoms with van der Waals surface area (Å²) in [4.78, 5) is 5.55.